The van der Waals surface area contributed by atoms with Gasteiger partial charge in [0.15, 0.2) is 0 Å². The van der Waals surface area contributed by atoms with Crippen LogP contribution >= 0.6 is 0 Å². The number of hydrogen-bond acceptors (Lipinski definition) is 4. The van der Waals surface area contributed by atoms with E-state index in [0.717, 1.165) is 24.1 Å². The van der Waals surface area contributed by atoms with E-state index in [2.05, 4.69) is 16.4 Å². The Morgan fingerprint density at radius 1 is 1.31 bits per heavy atom. The summed E-state index contributed by atoms with van der Waals surface area (Å²) >= 11 is 0. The first-order valence-corrected chi connectivity index (χ1v) is 9.66. The zero-order chi connectivity index (χ0) is 20.4. The van der Waals surface area contributed by atoms with Gasteiger partial charge >= 0.3 is 0 Å². The maximum Gasteiger partial charge on any atom is 0.229 e. The average Bonchev–Trinajstić information content (AvgIpc) is 2.73. The van der Waals surface area contributed by atoms with Gasteiger partial charge in [0.05, 0.1) is 22.7 Å². The predicted octanol–water partition coefficient (Wildman–Crippen LogP) is 4.41. The molecule has 1 unspecified atom stereocenters. The van der Waals surface area contributed by atoms with Crippen molar-refractivity contribution < 1.29 is 9.18 Å². The summed E-state index contributed by atoms with van der Waals surface area (Å²) in [6.45, 7) is 2.99. The van der Waals surface area contributed by atoms with Crippen LogP contribution in [0.1, 0.15) is 24.0 Å². The molecule has 0 spiro atoms. The summed E-state index contributed by atoms with van der Waals surface area (Å²) in [4.78, 5) is 19.2. The van der Waals surface area contributed by atoms with Gasteiger partial charge in [-0.05, 0) is 49.6 Å². The third-order valence-electron chi connectivity index (χ3n) is 5.37. The molecule has 1 fully saturated rings. The van der Waals surface area contributed by atoms with Crippen molar-refractivity contribution in [1.82, 2.24) is 4.98 Å². The molecule has 4 rings (SSSR count). The number of amides is 1. The van der Waals surface area contributed by atoms with Gasteiger partial charge in [-0.2, -0.15) is 5.26 Å². The summed E-state index contributed by atoms with van der Waals surface area (Å²) in [7, 11) is 0. The van der Waals surface area contributed by atoms with Crippen LogP contribution in [-0.4, -0.2) is 24.0 Å². The zero-order valence-corrected chi connectivity index (χ0v) is 16.2. The monoisotopic (exact) mass is 388 g/mol. The van der Waals surface area contributed by atoms with Gasteiger partial charge < -0.3 is 10.2 Å². The number of piperidine rings is 1. The largest absolute Gasteiger partial charge is 0.369 e. The minimum absolute atomic E-state index is 0.0415. The van der Waals surface area contributed by atoms with Gasteiger partial charge in [0.1, 0.15) is 11.9 Å². The smallest absolute Gasteiger partial charge is 0.229 e. The molecule has 1 aromatic heterocycles. The molecule has 6 heteroatoms. The van der Waals surface area contributed by atoms with Crippen molar-refractivity contribution in [1.29, 1.82) is 5.26 Å². The molecule has 0 radical (unpaired) electrons. The van der Waals surface area contributed by atoms with Gasteiger partial charge in [-0.25, -0.2) is 4.39 Å². The quantitative estimate of drug-likeness (QED) is 0.722. The second kappa shape index (κ2) is 7.88. The van der Waals surface area contributed by atoms with E-state index in [0.29, 0.717) is 35.2 Å². The summed E-state index contributed by atoms with van der Waals surface area (Å²) < 4.78 is 14.1. The Morgan fingerprint density at radius 3 is 2.86 bits per heavy atom. The molecule has 1 aliphatic rings. The molecule has 0 aliphatic carbocycles. The van der Waals surface area contributed by atoms with Crippen LogP contribution in [0.2, 0.25) is 0 Å². The van der Waals surface area contributed by atoms with Crippen molar-refractivity contribution in [2.45, 2.75) is 19.8 Å². The Kier molecular flexibility index (Phi) is 5.13. The number of anilines is 2. The maximum absolute atomic E-state index is 14.1. The average molecular weight is 388 g/mol. The predicted molar refractivity (Wildman–Crippen MR) is 111 cm³/mol. The molecule has 146 valence electrons. The number of hydrogen-bond donors (Lipinski definition) is 1. The zero-order valence-electron chi connectivity index (χ0n) is 16.2. The molecule has 1 aliphatic heterocycles. The van der Waals surface area contributed by atoms with Gasteiger partial charge in [-0.15, -0.1) is 0 Å². The van der Waals surface area contributed by atoms with Crippen LogP contribution in [0.15, 0.2) is 48.7 Å². The Balaban J connectivity index is 1.67. The molecule has 2 aromatic carbocycles. The number of fused-ring (bicyclic) bond motifs is 1. The molecule has 1 saturated heterocycles. The van der Waals surface area contributed by atoms with E-state index in [4.69, 9.17) is 0 Å². The molecule has 0 saturated carbocycles. The van der Waals surface area contributed by atoms with Gasteiger partial charge in [0, 0.05) is 30.4 Å². The highest BCUT2D eigenvalue weighted by Gasteiger charge is 2.28. The van der Waals surface area contributed by atoms with E-state index >= 15 is 0 Å². The minimum atomic E-state index is -0.358. The Bertz CT molecular complexity index is 1110. The topological polar surface area (TPSA) is 69.0 Å². The van der Waals surface area contributed by atoms with Gasteiger partial charge in [-0.1, -0.05) is 18.2 Å². The van der Waals surface area contributed by atoms with Crippen LogP contribution in [0, 0.1) is 30.0 Å². The number of carbonyl (C=O) groups is 1. The first-order valence-electron chi connectivity index (χ1n) is 9.66. The fourth-order valence-corrected chi connectivity index (χ4v) is 4.01. The number of benzene rings is 2. The lowest BCUT2D eigenvalue weighted by atomic mass is 9.95. The number of para-hydroxylation sites is 1. The SMILES string of the molecule is Cc1cc(F)cc2c(N3CCCC(C(=O)Nc4ccccc4)C3)c(C#N)cnc12. The number of nitrogens with zero attached hydrogens (tertiary/aromatic N) is 3. The fraction of sp³-hybridized carbons (Fsp3) is 0.261. The van der Waals surface area contributed by atoms with Crippen LogP contribution in [0.5, 0.6) is 0 Å². The van der Waals surface area contributed by atoms with Crippen LogP contribution in [0.4, 0.5) is 15.8 Å². The molecule has 29 heavy (non-hydrogen) atoms. The van der Waals surface area contributed by atoms with E-state index in [-0.39, 0.29) is 17.6 Å². The summed E-state index contributed by atoms with van der Waals surface area (Å²) in [5, 5.41) is 13.2. The van der Waals surface area contributed by atoms with Crippen molar-refractivity contribution in [3.8, 4) is 6.07 Å². The van der Waals surface area contributed by atoms with Gasteiger partial charge in [-0.3, -0.25) is 9.78 Å². The number of pyridine rings is 1. The summed E-state index contributed by atoms with van der Waals surface area (Å²) in [5.74, 6) is -0.614. The number of halogens is 1. The van der Waals surface area contributed by atoms with Gasteiger partial charge in [0.2, 0.25) is 5.91 Å². The van der Waals surface area contributed by atoms with Crippen molar-refractivity contribution in [3.63, 3.8) is 0 Å². The number of aromatic nitrogens is 1. The summed E-state index contributed by atoms with van der Waals surface area (Å²) in [6, 6.07) is 14.4. The van der Waals surface area contributed by atoms with Crippen LogP contribution in [-0.2, 0) is 4.79 Å². The summed E-state index contributed by atoms with van der Waals surface area (Å²) in [5.41, 5.74) is 3.22. The minimum Gasteiger partial charge on any atom is -0.369 e. The highest BCUT2D eigenvalue weighted by Crippen LogP contribution is 2.34. The van der Waals surface area contributed by atoms with Crippen molar-refractivity contribution in [2.24, 2.45) is 5.92 Å². The lowest BCUT2D eigenvalue weighted by Crippen LogP contribution is -2.41. The van der Waals surface area contributed by atoms with E-state index in [1.54, 1.807) is 6.92 Å². The number of nitriles is 1. The van der Waals surface area contributed by atoms with Crippen LogP contribution < -0.4 is 10.2 Å². The lowest BCUT2D eigenvalue weighted by molar-refractivity contribution is -0.120. The second-order valence-corrected chi connectivity index (χ2v) is 7.39. The maximum atomic E-state index is 14.1. The molecule has 1 amide bonds. The van der Waals surface area contributed by atoms with Crippen molar-refractivity contribution in [3.05, 3.63) is 65.6 Å². The number of aryl methyl sites for hydroxylation is 1. The molecule has 2 heterocycles. The van der Waals surface area contributed by atoms with E-state index in [9.17, 15) is 14.4 Å². The second-order valence-electron chi connectivity index (χ2n) is 7.39. The van der Waals surface area contributed by atoms with Gasteiger partial charge in [0.25, 0.3) is 0 Å². The first kappa shape index (κ1) is 18.9. The highest BCUT2D eigenvalue weighted by atomic mass is 19.1. The van der Waals surface area contributed by atoms with Crippen molar-refractivity contribution >= 4 is 28.2 Å². The van der Waals surface area contributed by atoms with Crippen LogP contribution in [0.3, 0.4) is 0 Å². The Morgan fingerprint density at radius 2 is 2.10 bits per heavy atom. The van der Waals surface area contributed by atoms with E-state index in [1.165, 1.54) is 18.3 Å². The summed E-state index contributed by atoms with van der Waals surface area (Å²) in [6.07, 6.45) is 3.12. The third kappa shape index (κ3) is 3.77. The Labute approximate surface area is 168 Å². The van der Waals surface area contributed by atoms with E-state index < -0.39 is 0 Å². The molecular weight excluding hydrogens is 367 g/mol. The Hall–Kier alpha value is -3.46. The molecule has 0 bridgehead atoms. The molecule has 3 aromatic rings. The highest BCUT2D eigenvalue weighted by molar-refractivity contribution is 5.97. The lowest BCUT2D eigenvalue weighted by Gasteiger charge is -2.35. The first-order chi connectivity index (χ1) is 14.1. The van der Waals surface area contributed by atoms with Crippen molar-refractivity contribution in [2.75, 3.05) is 23.3 Å². The fourth-order valence-electron chi connectivity index (χ4n) is 4.01. The normalized spacial score (nSPS) is 16.4. The number of nitrogens with one attached hydrogen (secondary N) is 1. The van der Waals surface area contributed by atoms with E-state index in [1.807, 2.05) is 35.2 Å². The number of carbonyl (C=O) groups excluding carboxylic acids is 1. The molecule has 5 nitrogen and oxygen atoms in total. The van der Waals surface area contributed by atoms with Crippen LogP contribution in [0.25, 0.3) is 10.9 Å². The number of rotatable bonds is 3. The molecular formula is C23H21FN4O. The standard InChI is InChI=1S/C23H21FN4O/c1-15-10-18(24)11-20-21(15)26-13-17(12-25)22(20)28-9-5-6-16(14-28)23(29)27-19-7-3-2-4-8-19/h2-4,7-8,10-11,13,16H,5-6,9,14H2,1H3,(H,27,29). The third-order valence-corrected chi connectivity index (χ3v) is 5.37. The molecule has 1 atom stereocenters. The molecule has 1 N–H and O–H groups in total.